The van der Waals surface area contributed by atoms with Crippen LogP contribution >= 0.6 is 0 Å². The van der Waals surface area contributed by atoms with Crippen LogP contribution in [0.2, 0.25) is 0 Å². The first-order valence-corrected chi connectivity index (χ1v) is 14.9. The van der Waals surface area contributed by atoms with Crippen molar-refractivity contribution in [3.05, 3.63) is 96.2 Å². The molecule has 10 heteroatoms. The zero-order chi connectivity index (χ0) is 35.7. The molecule has 0 aliphatic heterocycles. The van der Waals surface area contributed by atoms with Gasteiger partial charge in [0.1, 0.15) is 11.5 Å². The van der Waals surface area contributed by atoms with Crippen LogP contribution in [-0.2, 0) is 51.7 Å². The molecule has 6 nitrogen and oxygen atoms in total. The van der Waals surface area contributed by atoms with E-state index in [1.54, 1.807) is 36.4 Å². The van der Waals surface area contributed by atoms with E-state index in [1.165, 1.54) is 24.5 Å². The molecule has 48 heavy (non-hydrogen) atoms. The number of hydrogen-bond acceptors (Lipinski definition) is 6. The molecule has 2 aromatic heterocycles. The molecule has 0 atom stereocenters. The summed E-state index contributed by atoms with van der Waals surface area (Å²) in [6, 6.07) is 14.6. The smallest absolute Gasteiger partial charge is 0.164 e. The van der Waals surface area contributed by atoms with Crippen LogP contribution in [0.25, 0.3) is 22.5 Å². The van der Waals surface area contributed by atoms with E-state index in [0.29, 0.717) is 11.4 Å². The summed E-state index contributed by atoms with van der Waals surface area (Å²) in [5, 5.41) is 19.1. The Morgan fingerprint density at radius 1 is 0.604 bits per heavy atom. The van der Waals surface area contributed by atoms with Gasteiger partial charge in [0, 0.05) is 94.0 Å². The molecule has 0 bridgehead atoms. The number of rotatable bonds is 4. The number of pyridine rings is 2. The Kier molecular flexibility index (Phi) is 19.1. The fourth-order valence-corrected chi connectivity index (χ4v) is 2.97. The summed E-state index contributed by atoms with van der Waals surface area (Å²) in [5.74, 6) is -1.20. The van der Waals surface area contributed by atoms with Gasteiger partial charge in [-0.3, -0.25) is 19.0 Å². The van der Waals surface area contributed by atoms with Crippen molar-refractivity contribution in [2.24, 2.45) is 21.7 Å². The van der Waals surface area contributed by atoms with Crippen molar-refractivity contribution in [2.75, 3.05) is 0 Å². The molecule has 0 aliphatic carbocycles. The molecular formula is C38H48F2N2O4Pt2-2. The molecular weight excluding hydrogens is 977 g/mol. The average molecular weight is 1020 g/mol. The number of aromatic nitrogens is 2. The maximum atomic E-state index is 14.5. The van der Waals surface area contributed by atoms with Crippen LogP contribution in [0.5, 0.6) is 0 Å². The van der Waals surface area contributed by atoms with Gasteiger partial charge < -0.3 is 19.6 Å². The van der Waals surface area contributed by atoms with E-state index in [-0.39, 0.29) is 87.2 Å². The minimum atomic E-state index is -0.771. The van der Waals surface area contributed by atoms with Crippen molar-refractivity contribution in [2.45, 2.75) is 83.1 Å². The van der Waals surface area contributed by atoms with Crippen LogP contribution in [-0.4, -0.2) is 31.7 Å². The maximum Gasteiger partial charge on any atom is 0.164 e. The van der Waals surface area contributed by atoms with E-state index in [4.69, 9.17) is 0 Å². The first kappa shape index (κ1) is 47.3. The largest absolute Gasteiger partial charge is 0.512 e. The Labute approximate surface area is 314 Å². The van der Waals surface area contributed by atoms with E-state index >= 15 is 0 Å². The van der Waals surface area contributed by atoms with Gasteiger partial charge in [0.2, 0.25) is 0 Å². The second-order valence-electron chi connectivity index (χ2n) is 14.8. The van der Waals surface area contributed by atoms with Crippen LogP contribution in [0.3, 0.4) is 0 Å². The molecule has 0 radical (unpaired) electrons. The van der Waals surface area contributed by atoms with Gasteiger partial charge in [-0.1, -0.05) is 113 Å². The van der Waals surface area contributed by atoms with Crippen LogP contribution in [0, 0.1) is 45.4 Å². The Hall–Kier alpha value is -2.82. The number of carbonyl (C=O) groups is 2. The standard InChI is InChI=1S/C16H8F2N2.2C11H20O2.2Pt/c17-11-9-12(14-5-1-3-7-19-14)16(18)13(10-11)15-6-2-4-8-20-15;2*1-10(2,3)8(12)7-9(13)11(4,5)6;;/h1-8H;2*7,12H,1-6H3;;/q-2;;;;/b;2*8-7-;;. The van der Waals surface area contributed by atoms with Gasteiger partial charge in [-0.15, -0.1) is 11.6 Å². The number of ketones is 2. The number of benzene rings is 1. The van der Waals surface area contributed by atoms with Crippen molar-refractivity contribution in [3.8, 4) is 22.5 Å². The van der Waals surface area contributed by atoms with Crippen LogP contribution < -0.4 is 0 Å². The van der Waals surface area contributed by atoms with Gasteiger partial charge in [0.05, 0.1) is 0 Å². The van der Waals surface area contributed by atoms with E-state index in [1.807, 2.05) is 83.1 Å². The second kappa shape index (κ2) is 19.4. The predicted molar refractivity (Wildman–Crippen MR) is 180 cm³/mol. The minimum absolute atomic E-state index is 0. The molecule has 0 amide bonds. The normalized spacial score (nSPS) is 12.2. The Morgan fingerprint density at radius 3 is 1.15 bits per heavy atom. The Balaban J connectivity index is 0. The van der Waals surface area contributed by atoms with Crippen molar-refractivity contribution >= 4 is 11.6 Å². The zero-order valence-electron chi connectivity index (χ0n) is 29.8. The Morgan fingerprint density at radius 2 is 0.917 bits per heavy atom. The molecule has 0 aliphatic rings. The fraction of sp³-hybridized carbons (Fsp3) is 0.421. The zero-order valence-corrected chi connectivity index (χ0v) is 34.3. The molecule has 2 N–H and O–H groups in total. The second-order valence-corrected chi connectivity index (χ2v) is 14.8. The van der Waals surface area contributed by atoms with Crippen molar-refractivity contribution < 1.29 is 70.7 Å². The molecule has 1 aromatic carbocycles. The van der Waals surface area contributed by atoms with Crippen molar-refractivity contribution in [1.29, 1.82) is 0 Å². The fourth-order valence-electron chi connectivity index (χ4n) is 2.97. The number of aliphatic hydroxyl groups excluding tert-OH is 2. The summed E-state index contributed by atoms with van der Waals surface area (Å²) in [4.78, 5) is 31.0. The SMILES string of the molecule is CC(C)(C)C(=O)/C=C(\O)C(C)(C)C.CC(C)(C)C(=O)/C=C(\O)C(C)(C)C.Fc1[c-]c(-c2ccccn2)c(F)c(-c2ccccn2)[c-]1.[Pt].[Pt]. The van der Waals surface area contributed by atoms with Gasteiger partial charge >= 0.3 is 0 Å². The third-order valence-electron chi connectivity index (χ3n) is 6.30. The first-order chi connectivity index (χ1) is 20.9. The first-order valence-electron chi connectivity index (χ1n) is 14.9. The summed E-state index contributed by atoms with van der Waals surface area (Å²) in [5.41, 5.74) is -0.949. The Bertz CT molecular complexity index is 1420. The quantitative estimate of drug-likeness (QED) is 0.154. The molecule has 0 saturated carbocycles. The van der Waals surface area contributed by atoms with Gasteiger partial charge in [0.25, 0.3) is 0 Å². The van der Waals surface area contributed by atoms with E-state index in [0.717, 1.165) is 0 Å². The van der Waals surface area contributed by atoms with E-state index in [9.17, 15) is 28.6 Å². The van der Waals surface area contributed by atoms with Crippen molar-refractivity contribution in [1.82, 2.24) is 9.97 Å². The number of halogens is 2. The molecule has 0 spiro atoms. The number of carbonyl (C=O) groups excluding carboxylic acids is 2. The third-order valence-corrected chi connectivity index (χ3v) is 6.30. The molecule has 3 aromatic rings. The number of allylic oxidation sites excluding steroid dienone is 4. The van der Waals surface area contributed by atoms with E-state index in [2.05, 4.69) is 22.1 Å². The predicted octanol–water partition coefficient (Wildman–Crippen LogP) is 9.86. The molecule has 2 heterocycles. The molecule has 3 rings (SSSR count). The summed E-state index contributed by atoms with van der Waals surface area (Å²) in [7, 11) is 0. The van der Waals surface area contributed by atoms with Crippen LogP contribution in [0.4, 0.5) is 8.78 Å². The van der Waals surface area contributed by atoms with Crippen LogP contribution in [0.1, 0.15) is 83.1 Å². The van der Waals surface area contributed by atoms with Gasteiger partial charge in [-0.2, -0.15) is 0 Å². The number of aliphatic hydroxyl groups is 2. The summed E-state index contributed by atoms with van der Waals surface area (Å²) in [6.45, 7) is 22.2. The summed E-state index contributed by atoms with van der Waals surface area (Å²) in [6.07, 6.45) is 5.69. The monoisotopic (exact) mass is 1020 g/mol. The average Bonchev–Trinajstić information content (AvgIpc) is 2.93. The molecule has 270 valence electrons. The van der Waals surface area contributed by atoms with Crippen molar-refractivity contribution in [3.63, 3.8) is 0 Å². The third kappa shape index (κ3) is 16.0. The number of nitrogens with zero attached hydrogens (tertiary/aromatic N) is 2. The number of hydrogen-bond donors (Lipinski definition) is 2. The summed E-state index contributed by atoms with van der Waals surface area (Å²) < 4.78 is 28.2. The minimum Gasteiger partial charge on any atom is -0.512 e. The van der Waals surface area contributed by atoms with Gasteiger partial charge in [-0.05, 0) is 18.2 Å². The molecule has 0 unspecified atom stereocenters. The van der Waals surface area contributed by atoms with E-state index < -0.39 is 22.5 Å². The van der Waals surface area contributed by atoms with Gasteiger partial charge in [-0.25, -0.2) is 17.7 Å². The van der Waals surface area contributed by atoms with Gasteiger partial charge in [0.15, 0.2) is 11.6 Å². The molecule has 0 saturated heterocycles. The summed E-state index contributed by atoms with van der Waals surface area (Å²) >= 11 is 0. The topological polar surface area (TPSA) is 100 Å². The van der Waals surface area contributed by atoms with Crippen LogP contribution in [0.15, 0.2) is 72.5 Å². The maximum absolute atomic E-state index is 14.5. The molecule has 0 fully saturated rings.